The number of likely N-dealkylation sites (N-methyl/N-ethyl adjacent to an activating group) is 1. The number of carbonyl (C=O) groups excluding carboxylic acids is 2. The van der Waals surface area contributed by atoms with Gasteiger partial charge in [0, 0.05) is 12.8 Å². The zero-order chi connectivity index (χ0) is 40.7. The Kier molecular flexibility index (Phi) is 35.3. The SMILES string of the molecule is CC/C=C\C/C=C\C/C=C\C/C=C\C/C=C\C/C=C\CCC(=O)OC(COC(=O)CCCCCCCCCCCCCC)COP(=O)([O-])OCC[N+](C)(C)C. The van der Waals surface area contributed by atoms with Crippen LogP contribution in [-0.4, -0.2) is 70.0 Å². The van der Waals surface area contributed by atoms with Gasteiger partial charge in [0.15, 0.2) is 6.10 Å². The molecule has 0 saturated carbocycles. The van der Waals surface area contributed by atoms with E-state index in [-0.39, 0.29) is 26.1 Å². The van der Waals surface area contributed by atoms with Gasteiger partial charge in [-0.25, -0.2) is 0 Å². The third kappa shape index (κ3) is 40.9. The van der Waals surface area contributed by atoms with Gasteiger partial charge < -0.3 is 27.9 Å². The van der Waals surface area contributed by atoms with Crippen LogP contribution in [0.5, 0.6) is 0 Å². The lowest BCUT2D eigenvalue weighted by Gasteiger charge is -2.28. The molecule has 316 valence electrons. The van der Waals surface area contributed by atoms with Crippen LogP contribution < -0.4 is 4.89 Å². The van der Waals surface area contributed by atoms with Gasteiger partial charge in [-0.15, -0.1) is 0 Å². The van der Waals surface area contributed by atoms with Crippen molar-refractivity contribution in [3.8, 4) is 0 Å². The maximum absolute atomic E-state index is 12.6. The Labute approximate surface area is 336 Å². The first kappa shape index (κ1) is 52.5. The molecule has 0 heterocycles. The predicted octanol–water partition coefficient (Wildman–Crippen LogP) is 11.2. The number of esters is 2. The number of carbonyl (C=O) groups is 2. The standard InChI is InChI=1S/C45H78NO8P/c1-6-8-10-12-14-16-18-20-21-22-23-24-25-26-28-30-32-34-36-38-45(48)54-43(42-53-55(49,50)52-40-39-46(3,4)5)41-51-44(47)37-35-33-31-29-27-19-17-15-13-11-9-7-2/h8,10,14,16,20-21,23-24,26,28,32,34,43H,6-7,9,11-13,15,17-19,22,25,27,29-31,33,35-42H2,1-5H3/b10-8-,16-14-,21-20-,24-23-,28-26-,34-32-. The molecule has 55 heavy (non-hydrogen) atoms. The second-order valence-electron chi connectivity index (χ2n) is 15.0. The summed E-state index contributed by atoms with van der Waals surface area (Å²) >= 11 is 0. The fourth-order valence-corrected chi connectivity index (χ4v) is 5.94. The second-order valence-corrected chi connectivity index (χ2v) is 16.4. The molecule has 0 aromatic carbocycles. The number of quaternary nitrogens is 1. The van der Waals surface area contributed by atoms with Crippen LogP contribution in [0.25, 0.3) is 0 Å². The van der Waals surface area contributed by atoms with Crippen molar-refractivity contribution in [2.75, 3.05) is 47.5 Å². The van der Waals surface area contributed by atoms with E-state index in [2.05, 4.69) is 74.6 Å². The first-order chi connectivity index (χ1) is 26.5. The van der Waals surface area contributed by atoms with Gasteiger partial charge in [0.1, 0.15) is 19.8 Å². The molecular formula is C45H78NO8P. The molecule has 0 bridgehead atoms. The molecule has 0 spiro atoms. The summed E-state index contributed by atoms with van der Waals surface area (Å²) in [4.78, 5) is 37.4. The molecule has 0 aliphatic rings. The summed E-state index contributed by atoms with van der Waals surface area (Å²) in [7, 11) is 1.11. The van der Waals surface area contributed by atoms with E-state index in [9.17, 15) is 19.0 Å². The van der Waals surface area contributed by atoms with Gasteiger partial charge >= 0.3 is 11.9 Å². The van der Waals surface area contributed by atoms with Crippen molar-refractivity contribution in [1.82, 2.24) is 0 Å². The van der Waals surface area contributed by atoms with Crippen LogP contribution in [0.15, 0.2) is 72.9 Å². The van der Waals surface area contributed by atoms with E-state index in [1.54, 1.807) is 0 Å². The highest BCUT2D eigenvalue weighted by atomic mass is 31.2. The second kappa shape index (κ2) is 37.1. The molecule has 0 amide bonds. The molecule has 0 aromatic rings. The molecule has 10 heteroatoms. The summed E-state index contributed by atoms with van der Waals surface area (Å²) in [6.07, 6.45) is 45.2. The summed E-state index contributed by atoms with van der Waals surface area (Å²) in [5.41, 5.74) is 0. The van der Waals surface area contributed by atoms with Gasteiger partial charge in [-0.2, -0.15) is 0 Å². The van der Waals surface area contributed by atoms with Crippen molar-refractivity contribution in [1.29, 1.82) is 0 Å². The molecule has 0 aliphatic heterocycles. The Morgan fingerprint density at radius 1 is 0.582 bits per heavy atom. The lowest BCUT2D eigenvalue weighted by Crippen LogP contribution is -2.37. The number of ether oxygens (including phenoxy) is 2. The minimum atomic E-state index is -4.64. The van der Waals surface area contributed by atoms with E-state index in [1.807, 2.05) is 33.3 Å². The number of rotatable bonds is 37. The van der Waals surface area contributed by atoms with Crippen LogP contribution in [0.3, 0.4) is 0 Å². The van der Waals surface area contributed by atoms with E-state index in [4.69, 9.17) is 18.5 Å². The monoisotopic (exact) mass is 792 g/mol. The first-order valence-corrected chi connectivity index (χ1v) is 22.6. The minimum absolute atomic E-state index is 0.0469. The summed E-state index contributed by atoms with van der Waals surface area (Å²) < 4.78 is 33.7. The molecule has 0 fully saturated rings. The van der Waals surface area contributed by atoms with Gasteiger partial charge in [-0.1, -0.05) is 157 Å². The molecule has 0 N–H and O–H groups in total. The fourth-order valence-electron chi connectivity index (χ4n) is 5.21. The van der Waals surface area contributed by atoms with E-state index in [1.165, 1.54) is 57.8 Å². The van der Waals surface area contributed by atoms with Crippen molar-refractivity contribution in [3.63, 3.8) is 0 Å². The predicted molar refractivity (Wildman–Crippen MR) is 226 cm³/mol. The maximum atomic E-state index is 12.6. The molecule has 2 atom stereocenters. The maximum Gasteiger partial charge on any atom is 0.306 e. The molecule has 9 nitrogen and oxygen atoms in total. The van der Waals surface area contributed by atoms with E-state index in [0.717, 1.165) is 57.8 Å². The average molecular weight is 792 g/mol. The number of phosphoric ester groups is 1. The van der Waals surface area contributed by atoms with E-state index in [0.29, 0.717) is 17.4 Å². The summed E-state index contributed by atoms with van der Waals surface area (Å²) in [6.45, 7) is 4.00. The Hall–Kier alpha value is -2.55. The van der Waals surface area contributed by atoms with Crippen LogP contribution in [0, 0.1) is 0 Å². The zero-order valence-corrected chi connectivity index (χ0v) is 36.2. The lowest BCUT2D eigenvalue weighted by atomic mass is 10.0. The van der Waals surface area contributed by atoms with Crippen molar-refractivity contribution in [2.24, 2.45) is 0 Å². The Morgan fingerprint density at radius 3 is 1.51 bits per heavy atom. The Balaban J connectivity index is 4.53. The third-order valence-corrected chi connectivity index (χ3v) is 9.47. The summed E-state index contributed by atoms with van der Waals surface area (Å²) in [6, 6.07) is 0. The molecule has 2 unspecified atom stereocenters. The van der Waals surface area contributed by atoms with E-state index < -0.39 is 32.5 Å². The number of hydrogen-bond donors (Lipinski definition) is 0. The minimum Gasteiger partial charge on any atom is -0.756 e. The fraction of sp³-hybridized carbons (Fsp3) is 0.689. The van der Waals surface area contributed by atoms with Gasteiger partial charge in [0.25, 0.3) is 7.82 Å². The van der Waals surface area contributed by atoms with Crippen molar-refractivity contribution < 1.29 is 42.1 Å². The quantitative estimate of drug-likeness (QED) is 0.0201. The average Bonchev–Trinajstić information content (AvgIpc) is 3.13. The third-order valence-electron chi connectivity index (χ3n) is 8.50. The van der Waals surface area contributed by atoms with Crippen LogP contribution in [0.2, 0.25) is 0 Å². The number of hydrogen-bond acceptors (Lipinski definition) is 8. The molecular weight excluding hydrogens is 713 g/mol. The van der Waals surface area contributed by atoms with Crippen molar-refractivity contribution in [3.05, 3.63) is 72.9 Å². The summed E-state index contributed by atoms with van der Waals surface area (Å²) in [5.74, 6) is -0.938. The van der Waals surface area contributed by atoms with Gasteiger partial charge in [0.2, 0.25) is 0 Å². The first-order valence-electron chi connectivity index (χ1n) is 21.1. The normalized spacial score (nSPS) is 14.4. The van der Waals surface area contributed by atoms with Gasteiger partial charge in [0.05, 0.1) is 27.7 Å². The highest BCUT2D eigenvalue weighted by Gasteiger charge is 2.21. The number of phosphoric acid groups is 1. The highest BCUT2D eigenvalue weighted by Crippen LogP contribution is 2.38. The van der Waals surface area contributed by atoms with Crippen molar-refractivity contribution in [2.45, 2.75) is 155 Å². The number of nitrogens with zero attached hydrogens (tertiary/aromatic N) is 1. The van der Waals surface area contributed by atoms with Gasteiger partial charge in [-0.05, 0) is 51.4 Å². The summed E-state index contributed by atoms with van der Waals surface area (Å²) in [5, 5.41) is 0. The van der Waals surface area contributed by atoms with Crippen molar-refractivity contribution >= 4 is 19.8 Å². The van der Waals surface area contributed by atoms with Gasteiger partial charge in [-0.3, -0.25) is 14.2 Å². The molecule has 0 aromatic heterocycles. The number of allylic oxidation sites excluding steroid dienone is 12. The molecule has 0 aliphatic carbocycles. The lowest BCUT2D eigenvalue weighted by molar-refractivity contribution is -0.870. The largest absolute Gasteiger partial charge is 0.756 e. The highest BCUT2D eigenvalue weighted by molar-refractivity contribution is 7.45. The van der Waals surface area contributed by atoms with Crippen LogP contribution in [0.4, 0.5) is 0 Å². The smallest absolute Gasteiger partial charge is 0.306 e. The Morgan fingerprint density at radius 2 is 1.04 bits per heavy atom. The molecule has 0 saturated heterocycles. The van der Waals surface area contributed by atoms with Crippen LogP contribution >= 0.6 is 7.82 Å². The Bertz CT molecular complexity index is 1170. The molecule has 0 rings (SSSR count). The molecule has 0 radical (unpaired) electrons. The number of unbranched alkanes of at least 4 members (excludes halogenated alkanes) is 11. The topological polar surface area (TPSA) is 111 Å². The van der Waals surface area contributed by atoms with E-state index >= 15 is 0 Å². The van der Waals surface area contributed by atoms with Crippen LogP contribution in [-0.2, 0) is 32.7 Å². The van der Waals surface area contributed by atoms with Crippen LogP contribution in [0.1, 0.15) is 149 Å². The zero-order valence-electron chi connectivity index (χ0n) is 35.3.